The van der Waals surface area contributed by atoms with E-state index < -0.39 is 11.9 Å². The predicted octanol–water partition coefficient (Wildman–Crippen LogP) is 3.50. The minimum absolute atomic E-state index is 0.577. The van der Waals surface area contributed by atoms with Crippen molar-refractivity contribution in [3.05, 3.63) is 53.2 Å². The van der Waals surface area contributed by atoms with Gasteiger partial charge in [-0.2, -0.15) is 0 Å². The number of aliphatic carboxylic acids is 2. The van der Waals surface area contributed by atoms with Crippen LogP contribution in [0.15, 0.2) is 36.5 Å². The monoisotopic (exact) mass is 471 g/mol. The first-order valence-electron chi connectivity index (χ1n) is 10.2. The lowest BCUT2D eigenvalue weighted by Crippen LogP contribution is -2.09. The van der Waals surface area contributed by atoms with E-state index in [2.05, 4.69) is 46.9 Å². The SMILES string of the molecule is COc1cc(CNc2ncc(-c3ccc(C)c(C)c3)n2C)cc(OC)c1OC.O=C(O)C(=O)O. The minimum atomic E-state index is -1.82. The summed E-state index contributed by atoms with van der Waals surface area (Å²) in [5.41, 5.74) is 5.77. The van der Waals surface area contributed by atoms with E-state index in [9.17, 15) is 0 Å². The van der Waals surface area contributed by atoms with E-state index in [1.54, 1.807) is 21.3 Å². The molecule has 0 radical (unpaired) electrons. The summed E-state index contributed by atoms with van der Waals surface area (Å²) in [6.45, 7) is 4.82. The van der Waals surface area contributed by atoms with Gasteiger partial charge in [0.15, 0.2) is 11.5 Å². The van der Waals surface area contributed by atoms with Crippen molar-refractivity contribution in [1.82, 2.24) is 9.55 Å². The zero-order chi connectivity index (χ0) is 25.4. The van der Waals surface area contributed by atoms with Gasteiger partial charge < -0.3 is 34.3 Å². The van der Waals surface area contributed by atoms with Crippen LogP contribution in [0.25, 0.3) is 11.3 Å². The molecule has 34 heavy (non-hydrogen) atoms. The number of anilines is 1. The van der Waals surface area contributed by atoms with Gasteiger partial charge in [-0.05, 0) is 48.7 Å². The molecule has 0 saturated heterocycles. The first-order valence-corrected chi connectivity index (χ1v) is 10.2. The highest BCUT2D eigenvalue weighted by atomic mass is 16.5. The molecule has 0 unspecified atom stereocenters. The number of ether oxygens (including phenoxy) is 3. The highest BCUT2D eigenvalue weighted by molar-refractivity contribution is 6.27. The van der Waals surface area contributed by atoms with Crippen molar-refractivity contribution in [1.29, 1.82) is 0 Å². The average Bonchev–Trinajstić information content (AvgIpc) is 3.19. The lowest BCUT2D eigenvalue weighted by molar-refractivity contribution is -0.159. The van der Waals surface area contributed by atoms with Gasteiger partial charge in [0, 0.05) is 19.2 Å². The Morgan fingerprint density at radius 2 is 1.53 bits per heavy atom. The number of carboxylic acids is 2. The molecule has 3 N–H and O–H groups in total. The van der Waals surface area contributed by atoms with Crippen LogP contribution < -0.4 is 19.5 Å². The molecule has 0 atom stereocenters. The number of benzene rings is 2. The van der Waals surface area contributed by atoms with E-state index in [1.807, 2.05) is 25.4 Å². The second-order valence-electron chi connectivity index (χ2n) is 7.32. The van der Waals surface area contributed by atoms with Gasteiger partial charge in [-0.25, -0.2) is 14.6 Å². The van der Waals surface area contributed by atoms with E-state index in [4.69, 9.17) is 34.0 Å². The van der Waals surface area contributed by atoms with Crippen LogP contribution in [0.4, 0.5) is 5.95 Å². The number of methoxy groups -OCH3 is 3. The third kappa shape index (κ3) is 6.18. The lowest BCUT2D eigenvalue weighted by Gasteiger charge is -2.15. The van der Waals surface area contributed by atoms with Crippen molar-refractivity contribution in [3.63, 3.8) is 0 Å². The van der Waals surface area contributed by atoms with Crippen molar-refractivity contribution >= 4 is 17.9 Å². The molecule has 182 valence electrons. The van der Waals surface area contributed by atoms with E-state index in [0.29, 0.717) is 23.8 Å². The fourth-order valence-corrected chi connectivity index (χ4v) is 3.16. The average molecular weight is 472 g/mol. The molecule has 3 rings (SSSR count). The first kappa shape index (κ1) is 26.0. The van der Waals surface area contributed by atoms with Crippen LogP contribution in [-0.4, -0.2) is 53.0 Å². The molecule has 3 aromatic rings. The molecule has 0 aliphatic heterocycles. The molecule has 0 spiro atoms. The number of nitrogens with zero attached hydrogens (tertiary/aromatic N) is 2. The van der Waals surface area contributed by atoms with Gasteiger partial charge >= 0.3 is 11.9 Å². The first-order chi connectivity index (χ1) is 16.1. The molecular weight excluding hydrogens is 442 g/mol. The topological polar surface area (TPSA) is 132 Å². The second kappa shape index (κ2) is 11.6. The third-order valence-electron chi connectivity index (χ3n) is 5.15. The Kier molecular flexibility index (Phi) is 8.88. The van der Waals surface area contributed by atoms with Crippen LogP contribution in [0, 0.1) is 13.8 Å². The molecule has 0 fully saturated rings. The van der Waals surface area contributed by atoms with Gasteiger partial charge in [-0.1, -0.05) is 12.1 Å². The summed E-state index contributed by atoms with van der Waals surface area (Å²) in [6, 6.07) is 10.3. The van der Waals surface area contributed by atoms with Crippen LogP contribution in [0.3, 0.4) is 0 Å². The highest BCUT2D eigenvalue weighted by Gasteiger charge is 2.14. The van der Waals surface area contributed by atoms with Crippen LogP contribution in [-0.2, 0) is 23.2 Å². The minimum Gasteiger partial charge on any atom is -0.493 e. The van der Waals surface area contributed by atoms with Gasteiger partial charge in [0.25, 0.3) is 0 Å². The van der Waals surface area contributed by atoms with E-state index in [-0.39, 0.29) is 0 Å². The molecule has 0 aliphatic rings. The van der Waals surface area contributed by atoms with Gasteiger partial charge in [0.1, 0.15) is 0 Å². The number of rotatable bonds is 7. The van der Waals surface area contributed by atoms with Crippen molar-refractivity contribution in [2.24, 2.45) is 7.05 Å². The van der Waals surface area contributed by atoms with Crippen molar-refractivity contribution in [3.8, 4) is 28.5 Å². The smallest absolute Gasteiger partial charge is 0.414 e. The zero-order valence-electron chi connectivity index (χ0n) is 20.0. The molecule has 0 bridgehead atoms. The molecule has 10 nitrogen and oxygen atoms in total. The van der Waals surface area contributed by atoms with Crippen molar-refractivity contribution in [2.75, 3.05) is 26.6 Å². The summed E-state index contributed by atoms with van der Waals surface area (Å²) in [5, 5.41) is 18.2. The third-order valence-corrected chi connectivity index (χ3v) is 5.15. The number of nitrogens with one attached hydrogen (secondary N) is 1. The second-order valence-corrected chi connectivity index (χ2v) is 7.32. The number of carboxylic acid groups (broad SMARTS) is 2. The summed E-state index contributed by atoms with van der Waals surface area (Å²) >= 11 is 0. The molecule has 0 aliphatic carbocycles. The molecule has 2 aromatic carbocycles. The van der Waals surface area contributed by atoms with E-state index in [1.165, 1.54) is 11.1 Å². The fraction of sp³-hybridized carbons (Fsp3) is 0.292. The van der Waals surface area contributed by atoms with Gasteiger partial charge in [0.05, 0.1) is 33.2 Å². The maximum atomic E-state index is 9.10. The molecular formula is C24H29N3O7. The van der Waals surface area contributed by atoms with Crippen LogP contribution in [0.5, 0.6) is 17.2 Å². The largest absolute Gasteiger partial charge is 0.493 e. The highest BCUT2D eigenvalue weighted by Crippen LogP contribution is 2.38. The van der Waals surface area contributed by atoms with Gasteiger partial charge in [-0.3, -0.25) is 0 Å². The Hall–Kier alpha value is -4.21. The standard InChI is InChI=1S/C22H27N3O3.C2H2O4/c1-14-7-8-17(9-15(14)2)18-13-24-22(25(18)3)23-12-16-10-19(26-4)21(28-6)20(11-16)27-5;3-1(4)2(5)6/h7-11,13H,12H2,1-6H3,(H,23,24);(H,3,4)(H,5,6). The summed E-state index contributed by atoms with van der Waals surface area (Å²) in [5.74, 6) is -1.00. The molecule has 10 heteroatoms. The Labute approximate surface area is 197 Å². The number of aryl methyl sites for hydroxylation is 2. The van der Waals surface area contributed by atoms with Crippen molar-refractivity contribution in [2.45, 2.75) is 20.4 Å². The number of imidazole rings is 1. The number of carbonyl (C=O) groups is 2. The summed E-state index contributed by atoms with van der Waals surface area (Å²) in [7, 11) is 6.84. The van der Waals surface area contributed by atoms with E-state index >= 15 is 0 Å². The van der Waals surface area contributed by atoms with Crippen molar-refractivity contribution < 1.29 is 34.0 Å². The molecule has 0 saturated carbocycles. The molecule has 1 heterocycles. The maximum absolute atomic E-state index is 9.10. The Morgan fingerprint density at radius 1 is 0.941 bits per heavy atom. The molecule has 0 amide bonds. The quantitative estimate of drug-likeness (QED) is 0.443. The Bertz CT molecular complexity index is 1130. The maximum Gasteiger partial charge on any atom is 0.414 e. The fourth-order valence-electron chi connectivity index (χ4n) is 3.16. The lowest BCUT2D eigenvalue weighted by atomic mass is 10.0. The van der Waals surface area contributed by atoms with Crippen LogP contribution in [0.1, 0.15) is 16.7 Å². The van der Waals surface area contributed by atoms with E-state index in [0.717, 1.165) is 22.8 Å². The molecule has 1 aromatic heterocycles. The number of hydrogen-bond acceptors (Lipinski definition) is 7. The predicted molar refractivity (Wildman–Crippen MR) is 127 cm³/mol. The summed E-state index contributed by atoms with van der Waals surface area (Å²) in [6.07, 6.45) is 1.89. The normalized spacial score (nSPS) is 10.1. The van der Waals surface area contributed by atoms with Crippen LogP contribution in [0.2, 0.25) is 0 Å². The summed E-state index contributed by atoms with van der Waals surface area (Å²) < 4.78 is 18.3. The van der Waals surface area contributed by atoms with Gasteiger partial charge in [0.2, 0.25) is 11.7 Å². The Balaban J connectivity index is 0.000000604. The number of hydrogen-bond donors (Lipinski definition) is 3. The van der Waals surface area contributed by atoms with Crippen LogP contribution >= 0.6 is 0 Å². The summed E-state index contributed by atoms with van der Waals surface area (Å²) in [4.78, 5) is 22.7. The Morgan fingerprint density at radius 3 is 2.00 bits per heavy atom. The van der Waals surface area contributed by atoms with Gasteiger partial charge in [-0.15, -0.1) is 0 Å². The number of aromatic nitrogens is 2. The zero-order valence-corrected chi connectivity index (χ0v) is 20.0.